The third kappa shape index (κ3) is 4.84. The third-order valence-corrected chi connectivity index (χ3v) is 4.59. The molecular formula is C24H22FNO4. The van der Waals surface area contributed by atoms with Gasteiger partial charge in [-0.05, 0) is 49.2 Å². The number of carbonyl (C=O) groups is 2. The van der Waals surface area contributed by atoms with Gasteiger partial charge in [0.1, 0.15) is 11.6 Å². The number of halogens is 1. The van der Waals surface area contributed by atoms with Crippen molar-refractivity contribution in [3.63, 3.8) is 0 Å². The maximum absolute atomic E-state index is 13.9. The number of benzene rings is 3. The molecule has 0 spiro atoms. The van der Waals surface area contributed by atoms with Crippen molar-refractivity contribution < 1.29 is 23.5 Å². The molecule has 6 heteroatoms. The topological polar surface area (TPSA) is 64.6 Å². The molecule has 0 aromatic heterocycles. The zero-order chi connectivity index (χ0) is 21.7. The fourth-order valence-corrected chi connectivity index (χ4v) is 2.91. The predicted octanol–water partition coefficient (Wildman–Crippen LogP) is 4.99. The Kier molecular flexibility index (Phi) is 6.47. The number of esters is 1. The Labute approximate surface area is 174 Å². The number of rotatable bonds is 6. The Morgan fingerprint density at radius 3 is 2.37 bits per heavy atom. The fourth-order valence-electron chi connectivity index (χ4n) is 2.91. The van der Waals surface area contributed by atoms with Crippen molar-refractivity contribution in [2.24, 2.45) is 0 Å². The first-order valence-electron chi connectivity index (χ1n) is 9.36. The average Bonchev–Trinajstić information content (AvgIpc) is 2.74. The molecule has 154 valence electrons. The predicted molar refractivity (Wildman–Crippen MR) is 112 cm³/mol. The monoisotopic (exact) mass is 407 g/mol. The van der Waals surface area contributed by atoms with Crippen molar-refractivity contribution in [3.8, 4) is 5.75 Å². The van der Waals surface area contributed by atoms with Crippen LogP contribution in [0.4, 0.5) is 10.1 Å². The Morgan fingerprint density at radius 1 is 0.967 bits per heavy atom. The molecule has 0 radical (unpaired) electrons. The van der Waals surface area contributed by atoms with Crippen molar-refractivity contribution in [2.75, 3.05) is 12.4 Å². The number of amides is 1. The van der Waals surface area contributed by atoms with Crippen LogP contribution in [0.15, 0.2) is 66.7 Å². The van der Waals surface area contributed by atoms with Gasteiger partial charge in [0.05, 0.1) is 18.4 Å². The number of anilines is 1. The zero-order valence-corrected chi connectivity index (χ0v) is 16.9. The second-order valence-corrected chi connectivity index (χ2v) is 6.85. The molecule has 1 N–H and O–H groups in total. The highest BCUT2D eigenvalue weighted by Gasteiger charge is 2.27. The fraction of sp³-hybridized carbons (Fsp3) is 0.167. The molecule has 1 amide bonds. The Balaban J connectivity index is 1.89. The van der Waals surface area contributed by atoms with E-state index in [4.69, 9.17) is 9.47 Å². The van der Waals surface area contributed by atoms with Crippen molar-refractivity contribution in [2.45, 2.75) is 20.0 Å². The molecule has 3 rings (SSSR count). The van der Waals surface area contributed by atoms with E-state index in [-0.39, 0.29) is 5.56 Å². The number of ether oxygens (including phenoxy) is 2. The number of hydrogen-bond donors (Lipinski definition) is 1. The third-order valence-electron chi connectivity index (χ3n) is 4.59. The smallest absolute Gasteiger partial charge is 0.339 e. The van der Waals surface area contributed by atoms with E-state index >= 15 is 0 Å². The SMILES string of the molecule is COc1ccc(C)cc1NC(=O)[C@H](OC(=O)c1ccc(C)c(F)c1)c1ccccc1. The first-order valence-corrected chi connectivity index (χ1v) is 9.36. The van der Waals surface area contributed by atoms with Crippen molar-refractivity contribution >= 4 is 17.6 Å². The lowest BCUT2D eigenvalue weighted by Crippen LogP contribution is -2.26. The van der Waals surface area contributed by atoms with Gasteiger partial charge in [-0.15, -0.1) is 0 Å². The van der Waals surface area contributed by atoms with Crippen LogP contribution in [0.2, 0.25) is 0 Å². The average molecular weight is 407 g/mol. The van der Waals surface area contributed by atoms with Crippen LogP contribution in [0, 0.1) is 19.7 Å². The largest absolute Gasteiger partial charge is 0.495 e. The van der Waals surface area contributed by atoms with Crippen molar-refractivity contribution in [1.82, 2.24) is 0 Å². The van der Waals surface area contributed by atoms with Crippen LogP contribution in [0.5, 0.6) is 5.75 Å². The van der Waals surface area contributed by atoms with Crippen LogP contribution < -0.4 is 10.1 Å². The number of nitrogens with one attached hydrogen (secondary N) is 1. The first-order chi connectivity index (χ1) is 14.4. The van der Waals surface area contributed by atoms with E-state index in [9.17, 15) is 14.0 Å². The summed E-state index contributed by atoms with van der Waals surface area (Å²) in [4.78, 5) is 25.7. The molecule has 0 bridgehead atoms. The highest BCUT2D eigenvalue weighted by atomic mass is 19.1. The Hall–Kier alpha value is -3.67. The lowest BCUT2D eigenvalue weighted by atomic mass is 10.1. The van der Waals surface area contributed by atoms with Gasteiger partial charge in [-0.3, -0.25) is 4.79 Å². The summed E-state index contributed by atoms with van der Waals surface area (Å²) in [5, 5.41) is 2.76. The molecule has 0 aliphatic rings. The van der Waals surface area contributed by atoms with Gasteiger partial charge in [0, 0.05) is 5.56 Å². The maximum atomic E-state index is 13.9. The molecule has 3 aromatic rings. The summed E-state index contributed by atoms with van der Waals surface area (Å²) in [7, 11) is 1.50. The molecule has 5 nitrogen and oxygen atoms in total. The Morgan fingerprint density at radius 2 is 1.70 bits per heavy atom. The van der Waals surface area contributed by atoms with Gasteiger partial charge in [-0.25, -0.2) is 9.18 Å². The number of carbonyl (C=O) groups excluding carboxylic acids is 2. The van der Waals surface area contributed by atoms with Crippen LogP contribution in [0.1, 0.15) is 33.2 Å². The van der Waals surface area contributed by atoms with Crippen LogP contribution in [-0.4, -0.2) is 19.0 Å². The second kappa shape index (κ2) is 9.22. The van der Waals surface area contributed by atoms with E-state index in [0.717, 1.165) is 11.6 Å². The van der Waals surface area contributed by atoms with E-state index in [2.05, 4.69) is 5.32 Å². The highest BCUT2D eigenvalue weighted by Crippen LogP contribution is 2.28. The van der Waals surface area contributed by atoms with E-state index in [1.807, 2.05) is 13.0 Å². The van der Waals surface area contributed by atoms with E-state index in [1.54, 1.807) is 49.4 Å². The van der Waals surface area contributed by atoms with E-state index in [1.165, 1.54) is 19.2 Å². The van der Waals surface area contributed by atoms with E-state index < -0.39 is 23.8 Å². The molecule has 3 aromatic carbocycles. The minimum atomic E-state index is -1.23. The van der Waals surface area contributed by atoms with Crippen molar-refractivity contribution in [1.29, 1.82) is 0 Å². The van der Waals surface area contributed by atoms with Gasteiger partial charge in [-0.2, -0.15) is 0 Å². The van der Waals surface area contributed by atoms with Gasteiger partial charge < -0.3 is 14.8 Å². The number of aryl methyl sites for hydroxylation is 2. The van der Waals surface area contributed by atoms with Crippen molar-refractivity contribution in [3.05, 3.63) is 94.8 Å². The van der Waals surface area contributed by atoms with Crippen LogP contribution >= 0.6 is 0 Å². The Bertz CT molecular complexity index is 1070. The summed E-state index contributed by atoms with van der Waals surface area (Å²) < 4.78 is 24.7. The summed E-state index contributed by atoms with van der Waals surface area (Å²) in [6.45, 7) is 3.48. The van der Waals surface area contributed by atoms with Gasteiger partial charge in [0.2, 0.25) is 6.10 Å². The summed E-state index contributed by atoms with van der Waals surface area (Å²) in [5.41, 5.74) is 2.31. The van der Waals surface area contributed by atoms with Gasteiger partial charge in [0.15, 0.2) is 0 Å². The highest BCUT2D eigenvalue weighted by molar-refractivity contribution is 5.99. The molecule has 1 atom stereocenters. The summed E-state index contributed by atoms with van der Waals surface area (Å²) >= 11 is 0. The van der Waals surface area contributed by atoms with Crippen LogP contribution in [0.3, 0.4) is 0 Å². The quantitative estimate of drug-likeness (QED) is 0.585. The molecule has 0 aliphatic carbocycles. The summed E-state index contributed by atoms with van der Waals surface area (Å²) in [5.74, 6) is -1.39. The number of methoxy groups -OCH3 is 1. The standard InChI is InChI=1S/C24H22FNO4/c1-15-9-12-21(29-3)20(13-15)26-23(27)22(17-7-5-4-6-8-17)30-24(28)18-11-10-16(2)19(25)14-18/h4-14,22H,1-3H3,(H,26,27)/t22-/m1/s1. The van der Waals surface area contributed by atoms with Gasteiger partial charge in [0.25, 0.3) is 5.91 Å². The van der Waals surface area contributed by atoms with Gasteiger partial charge >= 0.3 is 5.97 Å². The summed E-state index contributed by atoms with van der Waals surface area (Å²) in [6, 6.07) is 18.0. The summed E-state index contributed by atoms with van der Waals surface area (Å²) in [6.07, 6.45) is -1.23. The molecule has 0 saturated carbocycles. The molecular weight excluding hydrogens is 385 g/mol. The maximum Gasteiger partial charge on any atom is 0.339 e. The molecule has 30 heavy (non-hydrogen) atoms. The molecule has 0 fully saturated rings. The van der Waals surface area contributed by atoms with Crippen LogP contribution in [-0.2, 0) is 9.53 Å². The molecule has 0 aliphatic heterocycles. The van der Waals surface area contributed by atoms with E-state index in [0.29, 0.717) is 22.6 Å². The minimum absolute atomic E-state index is 0.0277. The zero-order valence-electron chi connectivity index (χ0n) is 16.9. The molecule has 0 heterocycles. The molecule has 0 saturated heterocycles. The molecule has 0 unspecified atom stereocenters. The lowest BCUT2D eigenvalue weighted by molar-refractivity contribution is -0.125. The van der Waals surface area contributed by atoms with Gasteiger partial charge in [-0.1, -0.05) is 42.5 Å². The van der Waals surface area contributed by atoms with Crippen LogP contribution in [0.25, 0.3) is 0 Å². The minimum Gasteiger partial charge on any atom is -0.495 e. The first kappa shape index (κ1) is 21.0. The number of hydrogen-bond acceptors (Lipinski definition) is 4. The normalized spacial score (nSPS) is 11.5. The lowest BCUT2D eigenvalue weighted by Gasteiger charge is -2.19. The second-order valence-electron chi connectivity index (χ2n) is 6.85.